The standard InChI is InChI=1S/C10H19Cl/c1-4-8(2)10(3)6-5-9(11)7-10/h8-9H,4-7H2,1-3H3. The monoisotopic (exact) mass is 174 g/mol. The molecule has 1 rings (SSSR count). The van der Waals surface area contributed by atoms with E-state index < -0.39 is 0 Å². The van der Waals surface area contributed by atoms with Gasteiger partial charge in [-0.2, -0.15) is 0 Å². The van der Waals surface area contributed by atoms with Crippen molar-refractivity contribution in [1.29, 1.82) is 0 Å². The summed E-state index contributed by atoms with van der Waals surface area (Å²) in [4.78, 5) is 0. The highest BCUT2D eigenvalue weighted by Gasteiger charge is 2.37. The van der Waals surface area contributed by atoms with Crippen LogP contribution in [0.25, 0.3) is 0 Å². The van der Waals surface area contributed by atoms with Gasteiger partial charge in [-0.1, -0.05) is 27.2 Å². The molecule has 0 N–H and O–H groups in total. The van der Waals surface area contributed by atoms with Crippen molar-refractivity contribution in [3.8, 4) is 0 Å². The average molecular weight is 175 g/mol. The van der Waals surface area contributed by atoms with E-state index in [-0.39, 0.29) is 0 Å². The lowest BCUT2D eigenvalue weighted by Crippen LogP contribution is -2.21. The number of rotatable bonds is 2. The summed E-state index contributed by atoms with van der Waals surface area (Å²) in [5.41, 5.74) is 0.543. The van der Waals surface area contributed by atoms with Crippen molar-refractivity contribution in [1.82, 2.24) is 0 Å². The minimum atomic E-state index is 0.453. The van der Waals surface area contributed by atoms with Crippen molar-refractivity contribution in [2.24, 2.45) is 11.3 Å². The molecule has 0 aromatic heterocycles. The second-order valence-corrected chi connectivity index (χ2v) is 4.92. The summed E-state index contributed by atoms with van der Waals surface area (Å²) in [6, 6.07) is 0. The minimum Gasteiger partial charge on any atom is -0.123 e. The maximum absolute atomic E-state index is 6.10. The van der Waals surface area contributed by atoms with E-state index in [0.29, 0.717) is 10.8 Å². The van der Waals surface area contributed by atoms with E-state index in [1.54, 1.807) is 0 Å². The Morgan fingerprint density at radius 3 is 2.64 bits per heavy atom. The van der Waals surface area contributed by atoms with Crippen LogP contribution in [0.1, 0.15) is 46.5 Å². The fraction of sp³-hybridized carbons (Fsp3) is 1.00. The van der Waals surface area contributed by atoms with Crippen molar-refractivity contribution in [3.05, 3.63) is 0 Å². The van der Waals surface area contributed by atoms with Gasteiger partial charge in [0.05, 0.1) is 0 Å². The lowest BCUT2D eigenvalue weighted by molar-refractivity contribution is 0.205. The highest BCUT2D eigenvalue weighted by atomic mass is 35.5. The molecule has 0 amide bonds. The van der Waals surface area contributed by atoms with Crippen LogP contribution in [0.4, 0.5) is 0 Å². The maximum atomic E-state index is 6.10. The van der Waals surface area contributed by atoms with Crippen LogP contribution in [0.3, 0.4) is 0 Å². The molecule has 11 heavy (non-hydrogen) atoms. The van der Waals surface area contributed by atoms with E-state index in [1.165, 1.54) is 25.7 Å². The lowest BCUT2D eigenvalue weighted by Gasteiger charge is -2.30. The first kappa shape index (κ1) is 9.38. The molecule has 1 aliphatic carbocycles. The van der Waals surface area contributed by atoms with E-state index >= 15 is 0 Å². The largest absolute Gasteiger partial charge is 0.123 e. The summed E-state index contributed by atoms with van der Waals surface area (Å²) < 4.78 is 0. The maximum Gasteiger partial charge on any atom is 0.0341 e. The average Bonchev–Trinajstić information content (AvgIpc) is 2.31. The molecule has 0 aliphatic heterocycles. The van der Waals surface area contributed by atoms with Gasteiger partial charge in [-0.15, -0.1) is 11.6 Å². The number of alkyl halides is 1. The van der Waals surface area contributed by atoms with Crippen LogP contribution in [0.5, 0.6) is 0 Å². The molecule has 1 heteroatoms. The molecule has 0 spiro atoms. The topological polar surface area (TPSA) is 0 Å². The van der Waals surface area contributed by atoms with Gasteiger partial charge in [0.1, 0.15) is 0 Å². The summed E-state index contributed by atoms with van der Waals surface area (Å²) in [5.74, 6) is 0.839. The number of hydrogen-bond donors (Lipinski definition) is 0. The van der Waals surface area contributed by atoms with Crippen molar-refractivity contribution in [2.75, 3.05) is 0 Å². The van der Waals surface area contributed by atoms with Crippen molar-refractivity contribution >= 4 is 11.6 Å². The second-order valence-electron chi connectivity index (χ2n) is 4.30. The first-order valence-corrected chi connectivity index (χ1v) is 5.16. The quantitative estimate of drug-likeness (QED) is 0.559. The van der Waals surface area contributed by atoms with Gasteiger partial charge in [0.2, 0.25) is 0 Å². The Hall–Kier alpha value is 0.290. The van der Waals surface area contributed by atoms with Gasteiger partial charge in [-0.25, -0.2) is 0 Å². The molecule has 0 aromatic carbocycles. The Labute approximate surface area is 75.3 Å². The number of halogens is 1. The molecule has 66 valence electrons. The van der Waals surface area contributed by atoms with Crippen LogP contribution >= 0.6 is 11.6 Å². The van der Waals surface area contributed by atoms with Gasteiger partial charge in [0.15, 0.2) is 0 Å². The lowest BCUT2D eigenvalue weighted by atomic mass is 9.75. The minimum absolute atomic E-state index is 0.453. The molecule has 1 aliphatic rings. The molecule has 1 fully saturated rings. The van der Waals surface area contributed by atoms with Crippen molar-refractivity contribution < 1.29 is 0 Å². The van der Waals surface area contributed by atoms with Crippen LogP contribution < -0.4 is 0 Å². The molecule has 0 saturated heterocycles. The van der Waals surface area contributed by atoms with E-state index in [2.05, 4.69) is 20.8 Å². The van der Waals surface area contributed by atoms with Gasteiger partial charge < -0.3 is 0 Å². The Balaban J connectivity index is 2.54. The molecular formula is C10H19Cl. The van der Waals surface area contributed by atoms with Crippen LogP contribution in [0.2, 0.25) is 0 Å². The molecule has 0 heterocycles. The first-order valence-electron chi connectivity index (χ1n) is 4.72. The fourth-order valence-corrected chi connectivity index (χ4v) is 2.60. The third-order valence-electron chi connectivity index (χ3n) is 3.52. The van der Waals surface area contributed by atoms with Crippen molar-refractivity contribution in [3.63, 3.8) is 0 Å². The van der Waals surface area contributed by atoms with Gasteiger partial charge in [-0.05, 0) is 30.6 Å². The molecule has 0 nitrogen and oxygen atoms in total. The zero-order valence-corrected chi connectivity index (χ0v) is 8.62. The second kappa shape index (κ2) is 3.35. The normalized spacial score (nSPS) is 40.9. The molecular weight excluding hydrogens is 156 g/mol. The Morgan fingerprint density at radius 2 is 2.27 bits per heavy atom. The van der Waals surface area contributed by atoms with Gasteiger partial charge >= 0.3 is 0 Å². The number of hydrogen-bond acceptors (Lipinski definition) is 0. The zero-order valence-electron chi connectivity index (χ0n) is 7.86. The van der Waals surface area contributed by atoms with Crippen LogP contribution in [-0.2, 0) is 0 Å². The molecule has 0 aromatic rings. The molecule has 0 bridgehead atoms. The van der Waals surface area contributed by atoms with E-state index in [9.17, 15) is 0 Å². The van der Waals surface area contributed by atoms with Gasteiger partial charge in [0, 0.05) is 5.38 Å². The predicted octanol–water partition coefficient (Wildman–Crippen LogP) is 3.83. The summed E-state index contributed by atoms with van der Waals surface area (Å²) >= 11 is 6.10. The highest BCUT2D eigenvalue weighted by Crippen LogP contribution is 2.46. The molecule has 0 radical (unpaired) electrons. The van der Waals surface area contributed by atoms with Gasteiger partial charge in [-0.3, -0.25) is 0 Å². The summed E-state index contributed by atoms with van der Waals surface area (Å²) in [6.07, 6.45) is 5.07. The Bertz CT molecular complexity index is 133. The summed E-state index contributed by atoms with van der Waals surface area (Å²) in [7, 11) is 0. The third kappa shape index (κ3) is 1.90. The van der Waals surface area contributed by atoms with Crippen LogP contribution in [0, 0.1) is 11.3 Å². The van der Waals surface area contributed by atoms with Crippen LogP contribution in [0.15, 0.2) is 0 Å². The highest BCUT2D eigenvalue weighted by molar-refractivity contribution is 6.20. The molecule has 3 atom stereocenters. The van der Waals surface area contributed by atoms with Gasteiger partial charge in [0.25, 0.3) is 0 Å². The summed E-state index contributed by atoms with van der Waals surface area (Å²) in [5, 5.41) is 0.453. The molecule has 1 saturated carbocycles. The Kier molecular flexibility index (Phi) is 2.85. The predicted molar refractivity (Wildman–Crippen MR) is 51.1 cm³/mol. The Morgan fingerprint density at radius 1 is 1.64 bits per heavy atom. The fourth-order valence-electron chi connectivity index (χ4n) is 2.14. The van der Waals surface area contributed by atoms with Crippen molar-refractivity contribution in [2.45, 2.75) is 51.8 Å². The van der Waals surface area contributed by atoms with E-state index in [4.69, 9.17) is 11.6 Å². The van der Waals surface area contributed by atoms with E-state index in [0.717, 1.165) is 5.92 Å². The smallest absolute Gasteiger partial charge is 0.0341 e. The molecule has 3 unspecified atom stereocenters. The van der Waals surface area contributed by atoms with E-state index in [1.807, 2.05) is 0 Å². The SMILES string of the molecule is CCC(C)C1(C)CCC(Cl)C1. The third-order valence-corrected chi connectivity index (χ3v) is 3.89. The summed E-state index contributed by atoms with van der Waals surface area (Å²) in [6.45, 7) is 7.02. The van der Waals surface area contributed by atoms with Crippen LogP contribution in [-0.4, -0.2) is 5.38 Å². The first-order chi connectivity index (χ1) is 5.08. The zero-order chi connectivity index (χ0) is 8.48.